The van der Waals surface area contributed by atoms with Gasteiger partial charge in [-0.3, -0.25) is 9.67 Å². The van der Waals surface area contributed by atoms with Gasteiger partial charge in [0.15, 0.2) is 0 Å². The zero-order chi connectivity index (χ0) is 14.0. The molecule has 1 atom stereocenters. The number of aliphatic hydroxyl groups is 1. The fraction of sp³-hybridized carbons (Fsp3) is 0.385. The molecule has 1 unspecified atom stereocenters. The third kappa shape index (κ3) is 3.01. The molecule has 0 aliphatic heterocycles. The number of hydrogen-bond donors (Lipinski definition) is 1. The molecule has 2 aromatic rings. The Labute approximate surface area is 119 Å². The average molecular weight is 328 g/mol. The summed E-state index contributed by atoms with van der Waals surface area (Å²) in [5, 5.41) is 14.5. The molecule has 19 heavy (non-hydrogen) atoms. The van der Waals surface area contributed by atoms with E-state index in [0.717, 1.165) is 28.6 Å². The normalized spacial score (nSPS) is 12.7. The lowest BCUT2D eigenvalue weighted by atomic mass is 10.1. The molecule has 0 saturated heterocycles. The Morgan fingerprint density at radius 1 is 1.47 bits per heavy atom. The highest BCUT2D eigenvalue weighted by Crippen LogP contribution is 2.26. The van der Waals surface area contributed by atoms with Crippen molar-refractivity contribution in [2.45, 2.75) is 32.9 Å². The molecule has 0 fully saturated rings. The lowest BCUT2D eigenvalue weighted by Gasteiger charge is -2.12. The lowest BCUT2D eigenvalue weighted by molar-refractivity contribution is 0.174. The summed E-state index contributed by atoms with van der Waals surface area (Å²) in [7, 11) is 0. The van der Waals surface area contributed by atoms with E-state index in [0.29, 0.717) is 12.0 Å². The minimum atomic E-state index is -0.805. The van der Waals surface area contributed by atoms with Crippen LogP contribution in [0.3, 0.4) is 0 Å². The predicted molar refractivity (Wildman–Crippen MR) is 73.2 cm³/mol. The SMILES string of the molecule is CCn1nc(C)c(Br)c1CC(O)c1cncc(F)c1. The third-order valence-corrected chi connectivity index (χ3v) is 3.98. The van der Waals surface area contributed by atoms with Crippen LogP contribution in [0.2, 0.25) is 0 Å². The van der Waals surface area contributed by atoms with Gasteiger partial charge >= 0.3 is 0 Å². The summed E-state index contributed by atoms with van der Waals surface area (Å²) in [6.07, 6.45) is 2.15. The topological polar surface area (TPSA) is 50.9 Å². The molecule has 2 aromatic heterocycles. The van der Waals surface area contributed by atoms with Crippen LogP contribution in [-0.4, -0.2) is 19.9 Å². The van der Waals surface area contributed by atoms with E-state index in [4.69, 9.17) is 0 Å². The average Bonchev–Trinajstić information content (AvgIpc) is 2.66. The van der Waals surface area contributed by atoms with E-state index in [1.54, 1.807) is 0 Å². The molecule has 0 aromatic carbocycles. The maximum Gasteiger partial charge on any atom is 0.141 e. The molecule has 4 nitrogen and oxygen atoms in total. The number of aliphatic hydroxyl groups excluding tert-OH is 1. The molecule has 0 saturated carbocycles. The number of rotatable bonds is 4. The van der Waals surface area contributed by atoms with Crippen molar-refractivity contribution in [3.05, 3.63) is 45.7 Å². The highest BCUT2D eigenvalue weighted by molar-refractivity contribution is 9.10. The molecule has 6 heteroatoms. The first-order valence-corrected chi connectivity index (χ1v) is 6.82. The van der Waals surface area contributed by atoms with E-state index in [9.17, 15) is 9.50 Å². The quantitative estimate of drug-likeness (QED) is 0.939. The van der Waals surface area contributed by atoms with Gasteiger partial charge in [0.25, 0.3) is 0 Å². The summed E-state index contributed by atoms with van der Waals surface area (Å²) in [6, 6.07) is 1.30. The molecule has 0 radical (unpaired) electrons. The fourth-order valence-electron chi connectivity index (χ4n) is 1.98. The van der Waals surface area contributed by atoms with Gasteiger partial charge in [0.1, 0.15) is 5.82 Å². The minimum Gasteiger partial charge on any atom is -0.388 e. The molecular weight excluding hydrogens is 313 g/mol. The number of halogens is 2. The Bertz CT molecular complexity index is 585. The van der Waals surface area contributed by atoms with Crippen molar-refractivity contribution in [3.63, 3.8) is 0 Å². The van der Waals surface area contributed by atoms with Crippen LogP contribution in [-0.2, 0) is 13.0 Å². The van der Waals surface area contributed by atoms with Gasteiger partial charge in [0, 0.05) is 24.7 Å². The van der Waals surface area contributed by atoms with Crippen LogP contribution in [0.4, 0.5) is 4.39 Å². The number of pyridine rings is 1. The second-order valence-electron chi connectivity index (χ2n) is 4.32. The van der Waals surface area contributed by atoms with Gasteiger partial charge < -0.3 is 5.11 Å². The molecule has 0 spiro atoms. The van der Waals surface area contributed by atoms with E-state index in [1.807, 2.05) is 18.5 Å². The zero-order valence-electron chi connectivity index (χ0n) is 10.8. The van der Waals surface area contributed by atoms with Crippen LogP contribution in [0.1, 0.15) is 30.0 Å². The smallest absolute Gasteiger partial charge is 0.141 e. The number of hydrogen-bond acceptors (Lipinski definition) is 3. The van der Waals surface area contributed by atoms with Crippen molar-refractivity contribution < 1.29 is 9.50 Å². The van der Waals surface area contributed by atoms with Crippen molar-refractivity contribution in [1.82, 2.24) is 14.8 Å². The van der Waals surface area contributed by atoms with Gasteiger partial charge in [0.2, 0.25) is 0 Å². The van der Waals surface area contributed by atoms with Crippen molar-refractivity contribution in [3.8, 4) is 0 Å². The Hall–Kier alpha value is -1.27. The van der Waals surface area contributed by atoms with Crippen molar-refractivity contribution in [2.24, 2.45) is 0 Å². The van der Waals surface area contributed by atoms with Crippen molar-refractivity contribution >= 4 is 15.9 Å². The van der Waals surface area contributed by atoms with E-state index >= 15 is 0 Å². The second kappa shape index (κ2) is 5.79. The highest BCUT2D eigenvalue weighted by atomic mass is 79.9. The Morgan fingerprint density at radius 3 is 2.84 bits per heavy atom. The van der Waals surface area contributed by atoms with Gasteiger partial charge in [-0.25, -0.2) is 4.39 Å². The molecule has 0 amide bonds. The van der Waals surface area contributed by atoms with Crippen LogP contribution in [0.25, 0.3) is 0 Å². The minimum absolute atomic E-state index is 0.362. The largest absolute Gasteiger partial charge is 0.388 e. The molecule has 2 heterocycles. The summed E-state index contributed by atoms with van der Waals surface area (Å²) < 4.78 is 15.8. The Kier molecular flexibility index (Phi) is 4.31. The van der Waals surface area contributed by atoms with Gasteiger partial charge in [-0.15, -0.1) is 0 Å². The number of aromatic nitrogens is 3. The third-order valence-electron chi connectivity index (χ3n) is 2.95. The molecule has 102 valence electrons. The maximum absolute atomic E-state index is 13.1. The summed E-state index contributed by atoms with van der Waals surface area (Å²) >= 11 is 3.47. The van der Waals surface area contributed by atoms with Gasteiger partial charge in [-0.05, 0) is 35.8 Å². The van der Waals surface area contributed by atoms with Crippen LogP contribution in [0.5, 0.6) is 0 Å². The van der Waals surface area contributed by atoms with Gasteiger partial charge in [0.05, 0.1) is 28.2 Å². The molecular formula is C13H15BrFN3O. The fourth-order valence-corrected chi connectivity index (χ4v) is 2.42. The highest BCUT2D eigenvalue weighted by Gasteiger charge is 2.17. The second-order valence-corrected chi connectivity index (χ2v) is 5.11. The molecule has 0 bridgehead atoms. The first-order chi connectivity index (χ1) is 9.02. The van der Waals surface area contributed by atoms with E-state index in [-0.39, 0.29) is 0 Å². The molecule has 0 aliphatic rings. The first-order valence-electron chi connectivity index (χ1n) is 6.03. The summed E-state index contributed by atoms with van der Waals surface area (Å²) in [6.45, 7) is 4.60. The van der Waals surface area contributed by atoms with Crippen LogP contribution in [0.15, 0.2) is 22.9 Å². The van der Waals surface area contributed by atoms with Crippen molar-refractivity contribution in [1.29, 1.82) is 0 Å². The monoisotopic (exact) mass is 327 g/mol. The van der Waals surface area contributed by atoms with Gasteiger partial charge in [-0.2, -0.15) is 5.10 Å². The molecule has 2 rings (SSSR count). The van der Waals surface area contributed by atoms with Crippen LogP contribution >= 0.6 is 15.9 Å². The van der Waals surface area contributed by atoms with E-state index in [1.165, 1.54) is 12.3 Å². The number of nitrogens with zero attached hydrogens (tertiary/aromatic N) is 3. The first kappa shape index (κ1) is 14.1. The maximum atomic E-state index is 13.1. The summed E-state index contributed by atoms with van der Waals surface area (Å²) in [4.78, 5) is 3.75. The van der Waals surface area contributed by atoms with Crippen LogP contribution < -0.4 is 0 Å². The van der Waals surface area contributed by atoms with E-state index in [2.05, 4.69) is 26.0 Å². The molecule has 0 aliphatic carbocycles. The van der Waals surface area contributed by atoms with Crippen molar-refractivity contribution in [2.75, 3.05) is 0 Å². The number of aryl methyl sites for hydroxylation is 2. The molecule has 1 N–H and O–H groups in total. The summed E-state index contributed by atoms with van der Waals surface area (Å²) in [5.41, 5.74) is 2.24. The van der Waals surface area contributed by atoms with Crippen LogP contribution in [0, 0.1) is 12.7 Å². The van der Waals surface area contributed by atoms with Gasteiger partial charge in [-0.1, -0.05) is 0 Å². The summed E-state index contributed by atoms with van der Waals surface area (Å²) in [5.74, 6) is -0.448. The Balaban J connectivity index is 2.26. The van der Waals surface area contributed by atoms with E-state index < -0.39 is 11.9 Å². The zero-order valence-corrected chi connectivity index (χ0v) is 12.4. The standard InChI is InChI=1S/C13H15BrFN3O/c1-3-18-11(13(14)8(2)17-18)5-12(19)9-4-10(15)7-16-6-9/h4,6-7,12,19H,3,5H2,1-2H3. The lowest BCUT2D eigenvalue weighted by Crippen LogP contribution is -2.09. The Morgan fingerprint density at radius 2 is 2.21 bits per heavy atom. The predicted octanol–water partition coefficient (Wildman–Crippen LogP) is 2.78.